The lowest BCUT2D eigenvalue weighted by atomic mass is 10.1. The van der Waals surface area contributed by atoms with Crippen molar-refractivity contribution in [2.24, 2.45) is 5.73 Å². The summed E-state index contributed by atoms with van der Waals surface area (Å²) < 4.78 is 6.13. The van der Waals surface area contributed by atoms with Gasteiger partial charge in [0.25, 0.3) is 0 Å². The average molecular weight is 271 g/mol. The highest BCUT2D eigenvalue weighted by molar-refractivity contribution is 9.10. The van der Waals surface area contributed by atoms with E-state index >= 15 is 0 Å². The van der Waals surface area contributed by atoms with Gasteiger partial charge < -0.3 is 10.5 Å². The summed E-state index contributed by atoms with van der Waals surface area (Å²) in [5.41, 5.74) is 7.38. The van der Waals surface area contributed by atoms with Crippen LogP contribution in [0.25, 0.3) is 0 Å². The number of aryl methyl sites for hydroxylation is 1. The van der Waals surface area contributed by atoms with Crippen molar-refractivity contribution in [1.82, 2.24) is 4.98 Å². The molecule has 0 aromatic carbocycles. The van der Waals surface area contributed by atoms with Gasteiger partial charge in [0.05, 0.1) is 7.11 Å². The van der Waals surface area contributed by atoms with Crippen LogP contribution in [0.2, 0.25) is 0 Å². The van der Waals surface area contributed by atoms with Gasteiger partial charge in [0.15, 0.2) is 0 Å². The molecule has 1 aromatic heterocycles. The van der Waals surface area contributed by atoms with Crippen LogP contribution in [-0.4, -0.2) is 17.6 Å². The fourth-order valence-electron chi connectivity index (χ4n) is 1.56. The number of rotatable bonds is 4. The summed E-state index contributed by atoms with van der Waals surface area (Å²) in [6, 6.07) is 1.97. The Labute approximate surface area is 98.2 Å². The molecule has 3 nitrogen and oxygen atoms in total. The number of nitrogens with zero attached hydrogens (tertiary/aromatic N) is 1. The molecule has 0 bridgehead atoms. The van der Waals surface area contributed by atoms with Crippen molar-refractivity contribution < 1.29 is 4.74 Å². The number of pyridine rings is 1. The van der Waals surface area contributed by atoms with E-state index in [9.17, 15) is 0 Å². The van der Waals surface area contributed by atoms with Crippen molar-refractivity contribution in [2.45, 2.75) is 31.2 Å². The molecular formula is C11H15BrN2O. The number of nitrogens with two attached hydrogens (primary N) is 1. The molecule has 2 N–H and O–H groups in total. The van der Waals surface area contributed by atoms with Gasteiger partial charge in [-0.1, -0.05) is 0 Å². The van der Waals surface area contributed by atoms with Gasteiger partial charge in [-0.3, -0.25) is 0 Å². The maximum absolute atomic E-state index is 6.05. The van der Waals surface area contributed by atoms with Crippen molar-refractivity contribution in [3.63, 3.8) is 0 Å². The minimum absolute atomic E-state index is 0.107. The highest BCUT2D eigenvalue weighted by Crippen LogP contribution is 2.37. The Morgan fingerprint density at radius 2 is 2.33 bits per heavy atom. The van der Waals surface area contributed by atoms with E-state index in [1.54, 1.807) is 13.3 Å². The zero-order valence-corrected chi connectivity index (χ0v) is 10.4. The number of aromatic nitrogens is 1. The fraction of sp³-hybridized carbons (Fsp3) is 0.545. The number of ether oxygens (including phenoxy) is 1. The summed E-state index contributed by atoms with van der Waals surface area (Å²) in [5, 5.41) is 0. The van der Waals surface area contributed by atoms with Crippen LogP contribution in [0.1, 0.15) is 24.8 Å². The van der Waals surface area contributed by atoms with Gasteiger partial charge in [-0.15, -0.1) is 0 Å². The van der Waals surface area contributed by atoms with Crippen molar-refractivity contribution in [3.8, 4) is 5.88 Å². The SMILES string of the molecule is COc1cc(CCC2(N)CC2)c(Br)cn1. The third kappa shape index (κ3) is 2.69. The van der Waals surface area contributed by atoms with E-state index in [0.717, 1.165) is 30.2 Å². The number of hydrogen-bond donors (Lipinski definition) is 1. The molecule has 82 valence electrons. The van der Waals surface area contributed by atoms with Crippen molar-refractivity contribution in [3.05, 3.63) is 22.3 Å². The van der Waals surface area contributed by atoms with E-state index in [-0.39, 0.29) is 5.54 Å². The van der Waals surface area contributed by atoms with Crippen molar-refractivity contribution in [2.75, 3.05) is 7.11 Å². The van der Waals surface area contributed by atoms with E-state index in [2.05, 4.69) is 20.9 Å². The Kier molecular flexibility index (Phi) is 2.98. The van der Waals surface area contributed by atoms with Crippen molar-refractivity contribution in [1.29, 1.82) is 0 Å². The summed E-state index contributed by atoms with van der Waals surface area (Å²) in [6.45, 7) is 0. The van der Waals surface area contributed by atoms with E-state index in [1.807, 2.05) is 6.07 Å². The summed E-state index contributed by atoms with van der Waals surface area (Å²) in [5.74, 6) is 0.662. The Hall–Kier alpha value is -0.610. The lowest BCUT2D eigenvalue weighted by molar-refractivity contribution is 0.397. The maximum atomic E-state index is 6.05. The highest BCUT2D eigenvalue weighted by atomic mass is 79.9. The van der Waals surface area contributed by atoms with Crippen LogP contribution < -0.4 is 10.5 Å². The standard InChI is InChI=1S/C11H15BrN2O/c1-15-10-6-8(9(12)7-14-10)2-3-11(13)4-5-11/h6-7H,2-5,13H2,1H3. The third-order valence-electron chi connectivity index (χ3n) is 2.90. The molecule has 0 amide bonds. The molecule has 1 aliphatic carbocycles. The second-order valence-electron chi connectivity index (χ2n) is 4.18. The topological polar surface area (TPSA) is 48.1 Å². The molecule has 1 aromatic rings. The van der Waals surface area contributed by atoms with E-state index in [1.165, 1.54) is 5.56 Å². The van der Waals surface area contributed by atoms with E-state index < -0.39 is 0 Å². The maximum Gasteiger partial charge on any atom is 0.213 e. The van der Waals surface area contributed by atoms with Gasteiger partial charge in [0.1, 0.15) is 0 Å². The van der Waals surface area contributed by atoms with E-state index in [4.69, 9.17) is 10.5 Å². The lowest BCUT2D eigenvalue weighted by Gasteiger charge is -2.10. The zero-order chi connectivity index (χ0) is 10.9. The second-order valence-corrected chi connectivity index (χ2v) is 5.03. The normalized spacial score (nSPS) is 17.5. The Morgan fingerprint density at radius 1 is 1.60 bits per heavy atom. The lowest BCUT2D eigenvalue weighted by Crippen LogP contribution is -2.22. The average Bonchev–Trinajstić information content (AvgIpc) is 2.96. The number of halogens is 1. The molecule has 0 atom stereocenters. The van der Waals surface area contributed by atoms with Crippen LogP contribution in [0, 0.1) is 0 Å². The molecule has 0 spiro atoms. The van der Waals surface area contributed by atoms with Crippen LogP contribution in [-0.2, 0) is 6.42 Å². The van der Waals surface area contributed by atoms with Gasteiger partial charge in [-0.05, 0) is 47.2 Å². The van der Waals surface area contributed by atoms with Gasteiger partial charge in [-0.2, -0.15) is 0 Å². The number of hydrogen-bond acceptors (Lipinski definition) is 3. The molecule has 1 heterocycles. The molecule has 4 heteroatoms. The Bertz CT molecular complexity index is 364. The van der Waals surface area contributed by atoms with Gasteiger partial charge in [0, 0.05) is 22.3 Å². The van der Waals surface area contributed by atoms with Crippen molar-refractivity contribution >= 4 is 15.9 Å². The van der Waals surface area contributed by atoms with Gasteiger partial charge >= 0.3 is 0 Å². The molecule has 15 heavy (non-hydrogen) atoms. The first-order chi connectivity index (χ1) is 7.13. The molecular weight excluding hydrogens is 256 g/mol. The Balaban J connectivity index is 2.05. The van der Waals surface area contributed by atoms with Gasteiger partial charge in [0.2, 0.25) is 5.88 Å². The van der Waals surface area contributed by atoms with Crippen LogP contribution in [0.15, 0.2) is 16.7 Å². The molecule has 1 saturated carbocycles. The molecule has 0 unspecified atom stereocenters. The van der Waals surface area contributed by atoms with E-state index in [0.29, 0.717) is 5.88 Å². The summed E-state index contributed by atoms with van der Waals surface area (Å²) in [6.07, 6.45) is 6.12. The monoisotopic (exact) mass is 270 g/mol. The van der Waals surface area contributed by atoms with Crippen LogP contribution >= 0.6 is 15.9 Å². The summed E-state index contributed by atoms with van der Waals surface area (Å²) >= 11 is 3.49. The van der Waals surface area contributed by atoms with Gasteiger partial charge in [-0.25, -0.2) is 4.98 Å². The molecule has 1 aliphatic rings. The minimum Gasteiger partial charge on any atom is -0.481 e. The summed E-state index contributed by atoms with van der Waals surface area (Å²) in [7, 11) is 1.63. The number of methoxy groups -OCH3 is 1. The zero-order valence-electron chi connectivity index (χ0n) is 8.79. The van der Waals surface area contributed by atoms with Crippen LogP contribution in [0.3, 0.4) is 0 Å². The first-order valence-corrected chi connectivity index (χ1v) is 5.90. The van der Waals surface area contributed by atoms with Crippen LogP contribution in [0.5, 0.6) is 5.88 Å². The Morgan fingerprint density at radius 3 is 2.93 bits per heavy atom. The highest BCUT2D eigenvalue weighted by Gasteiger charge is 2.37. The smallest absolute Gasteiger partial charge is 0.213 e. The predicted molar refractivity (Wildman–Crippen MR) is 63.0 cm³/mol. The summed E-state index contributed by atoms with van der Waals surface area (Å²) in [4.78, 5) is 4.12. The molecule has 1 fully saturated rings. The molecule has 0 radical (unpaired) electrons. The molecule has 0 aliphatic heterocycles. The second kappa shape index (κ2) is 4.10. The molecule has 2 rings (SSSR count). The quantitative estimate of drug-likeness (QED) is 0.913. The third-order valence-corrected chi connectivity index (χ3v) is 3.62. The first kappa shape index (κ1) is 10.9. The molecule has 0 saturated heterocycles. The fourth-order valence-corrected chi connectivity index (χ4v) is 1.97. The van der Waals surface area contributed by atoms with Crippen LogP contribution in [0.4, 0.5) is 0 Å². The largest absolute Gasteiger partial charge is 0.481 e. The minimum atomic E-state index is 0.107. The predicted octanol–water partition coefficient (Wildman–Crippen LogP) is 2.28. The first-order valence-electron chi connectivity index (χ1n) is 5.10.